The molecule has 8 nitrogen and oxygen atoms in total. The molecule has 1 unspecified atom stereocenters. The van der Waals surface area contributed by atoms with Crippen molar-refractivity contribution >= 4 is 23.4 Å². The average molecular weight is 365 g/mol. The van der Waals surface area contributed by atoms with Gasteiger partial charge in [-0.2, -0.15) is 0 Å². The first-order chi connectivity index (χ1) is 12.1. The van der Waals surface area contributed by atoms with Gasteiger partial charge in [0.05, 0.1) is 17.6 Å². The fourth-order valence-corrected chi connectivity index (χ4v) is 2.34. The molecule has 0 bridgehead atoms. The first-order valence-electron chi connectivity index (χ1n) is 8.12. The van der Waals surface area contributed by atoms with Gasteiger partial charge in [0.15, 0.2) is 5.78 Å². The van der Waals surface area contributed by atoms with Crippen molar-refractivity contribution in [2.24, 2.45) is 0 Å². The third-order valence-corrected chi connectivity index (χ3v) is 3.44. The van der Waals surface area contributed by atoms with Crippen LogP contribution in [-0.4, -0.2) is 35.4 Å². The zero-order valence-corrected chi connectivity index (χ0v) is 15.3. The average Bonchev–Trinajstić information content (AvgIpc) is 2.53. The maximum Gasteiger partial charge on any atom is 0.321 e. The second-order valence-electron chi connectivity index (χ2n) is 6.68. The highest BCUT2D eigenvalue weighted by molar-refractivity contribution is 6.05. The van der Waals surface area contributed by atoms with Gasteiger partial charge in [-0.05, 0) is 27.2 Å². The van der Waals surface area contributed by atoms with E-state index in [9.17, 15) is 24.5 Å². The zero-order valence-electron chi connectivity index (χ0n) is 15.3. The molecule has 142 valence electrons. The number of ketones is 1. The predicted molar refractivity (Wildman–Crippen MR) is 92.6 cm³/mol. The molecular formula is C18H23NO7. The molecule has 0 N–H and O–H groups in total. The largest absolute Gasteiger partial charge is 0.469 e. The predicted octanol–water partition coefficient (Wildman–Crippen LogP) is 2.93. The van der Waals surface area contributed by atoms with Crippen LogP contribution in [0.15, 0.2) is 24.3 Å². The number of hydrogen-bond acceptors (Lipinski definition) is 7. The summed E-state index contributed by atoms with van der Waals surface area (Å²) in [5.41, 5.74) is -1.20. The fraction of sp³-hybridized carbons (Fsp3) is 0.500. The monoisotopic (exact) mass is 365 g/mol. The maximum absolute atomic E-state index is 12.6. The van der Waals surface area contributed by atoms with Crippen molar-refractivity contribution < 1.29 is 28.8 Å². The molecule has 0 spiro atoms. The molecule has 0 aliphatic heterocycles. The van der Waals surface area contributed by atoms with Gasteiger partial charge in [-0.1, -0.05) is 18.2 Å². The number of hydrogen-bond donors (Lipinski definition) is 0. The Labute approximate surface area is 151 Å². The van der Waals surface area contributed by atoms with Gasteiger partial charge in [0, 0.05) is 18.9 Å². The highest BCUT2D eigenvalue weighted by Gasteiger charge is 2.36. The van der Waals surface area contributed by atoms with E-state index < -0.39 is 34.2 Å². The van der Waals surface area contributed by atoms with Crippen molar-refractivity contribution in [1.82, 2.24) is 0 Å². The van der Waals surface area contributed by atoms with Gasteiger partial charge in [-0.25, -0.2) is 0 Å². The first-order valence-corrected chi connectivity index (χ1v) is 8.12. The summed E-state index contributed by atoms with van der Waals surface area (Å²) in [6.45, 7) is 4.93. The molecule has 1 aromatic rings. The summed E-state index contributed by atoms with van der Waals surface area (Å²) < 4.78 is 9.79. The Balaban J connectivity index is 3.15. The van der Waals surface area contributed by atoms with Crippen molar-refractivity contribution in [1.29, 1.82) is 0 Å². The second-order valence-corrected chi connectivity index (χ2v) is 6.68. The number of para-hydroxylation sites is 1. The Bertz CT molecular complexity index is 691. The summed E-state index contributed by atoms with van der Waals surface area (Å²) in [4.78, 5) is 47.0. The summed E-state index contributed by atoms with van der Waals surface area (Å²) in [5, 5.41) is 11.3. The van der Waals surface area contributed by atoms with Crippen LogP contribution in [0.3, 0.4) is 0 Å². The lowest BCUT2D eigenvalue weighted by molar-refractivity contribution is -0.385. The number of Topliss-reactive ketones (excluding diaryl/α,β-unsaturated/α-hetero) is 1. The standard InChI is InChI=1S/C18H23NO7/c1-18(2,3)26-17(22)16(14(20)10-7-11-15(21)25-4)12-8-5-6-9-13(12)19(23)24/h5-6,8-9,16H,7,10-11H2,1-4H3. The minimum absolute atomic E-state index is 0.0140. The van der Waals surface area contributed by atoms with E-state index >= 15 is 0 Å². The van der Waals surface area contributed by atoms with Gasteiger partial charge in [0.1, 0.15) is 11.5 Å². The van der Waals surface area contributed by atoms with E-state index in [-0.39, 0.29) is 30.5 Å². The summed E-state index contributed by atoms with van der Waals surface area (Å²) in [6, 6.07) is 5.57. The maximum atomic E-state index is 12.6. The van der Waals surface area contributed by atoms with Gasteiger partial charge in [-0.3, -0.25) is 24.5 Å². The molecule has 0 saturated carbocycles. The zero-order chi connectivity index (χ0) is 19.9. The lowest BCUT2D eigenvalue weighted by Crippen LogP contribution is -2.32. The van der Waals surface area contributed by atoms with E-state index in [1.807, 2.05) is 0 Å². The number of nitrogens with zero attached hydrogens (tertiary/aromatic N) is 1. The van der Waals surface area contributed by atoms with Crippen molar-refractivity contribution in [3.8, 4) is 0 Å². The first kappa shape index (κ1) is 21.3. The topological polar surface area (TPSA) is 113 Å². The number of methoxy groups -OCH3 is 1. The molecule has 8 heteroatoms. The molecule has 0 fully saturated rings. The minimum Gasteiger partial charge on any atom is -0.469 e. The Hall–Kier alpha value is -2.77. The summed E-state index contributed by atoms with van der Waals surface area (Å²) in [6.07, 6.45) is 0.0800. The molecule has 0 heterocycles. The highest BCUT2D eigenvalue weighted by atomic mass is 16.6. The molecule has 0 aliphatic rings. The van der Waals surface area contributed by atoms with E-state index in [1.54, 1.807) is 20.8 Å². The van der Waals surface area contributed by atoms with Crippen LogP contribution in [0, 0.1) is 10.1 Å². The van der Waals surface area contributed by atoms with Gasteiger partial charge < -0.3 is 9.47 Å². The van der Waals surface area contributed by atoms with Crippen LogP contribution < -0.4 is 0 Å². The molecule has 1 aromatic carbocycles. The van der Waals surface area contributed by atoms with Gasteiger partial charge >= 0.3 is 11.9 Å². The lowest BCUT2D eigenvalue weighted by Gasteiger charge is -2.23. The van der Waals surface area contributed by atoms with Crippen molar-refractivity contribution in [2.45, 2.75) is 51.6 Å². The fourth-order valence-electron chi connectivity index (χ4n) is 2.34. The van der Waals surface area contributed by atoms with Gasteiger partial charge in [0.25, 0.3) is 5.69 Å². The lowest BCUT2D eigenvalue weighted by atomic mass is 9.90. The summed E-state index contributed by atoms with van der Waals surface area (Å²) >= 11 is 0. The van der Waals surface area contributed by atoms with E-state index in [4.69, 9.17) is 4.74 Å². The number of esters is 2. The SMILES string of the molecule is COC(=O)CCCC(=O)C(C(=O)OC(C)(C)C)c1ccccc1[N+](=O)[O-]. The van der Waals surface area contributed by atoms with Crippen molar-refractivity contribution in [3.63, 3.8) is 0 Å². The van der Waals surface area contributed by atoms with Crippen LogP contribution in [0.2, 0.25) is 0 Å². The third-order valence-electron chi connectivity index (χ3n) is 3.44. The third kappa shape index (κ3) is 6.27. The Morgan fingerprint density at radius 3 is 2.31 bits per heavy atom. The molecular weight excluding hydrogens is 342 g/mol. The molecule has 0 saturated heterocycles. The number of nitro benzene ring substituents is 1. The Morgan fingerprint density at radius 1 is 1.15 bits per heavy atom. The van der Waals surface area contributed by atoms with Gasteiger partial charge in [-0.15, -0.1) is 0 Å². The summed E-state index contributed by atoms with van der Waals surface area (Å²) in [7, 11) is 1.24. The molecule has 0 aromatic heterocycles. The van der Waals surface area contributed by atoms with Crippen LogP contribution in [0.1, 0.15) is 51.5 Å². The molecule has 0 amide bonds. The summed E-state index contributed by atoms with van der Waals surface area (Å²) in [5.74, 6) is -3.29. The minimum atomic E-state index is -1.42. The molecule has 0 aliphatic carbocycles. The molecule has 0 radical (unpaired) electrons. The van der Waals surface area contributed by atoms with Crippen LogP contribution in [-0.2, 0) is 23.9 Å². The van der Waals surface area contributed by atoms with Crippen molar-refractivity contribution in [2.75, 3.05) is 7.11 Å². The van der Waals surface area contributed by atoms with Gasteiger partial charge in [0.2, 0.25) is 0 Å². The van der Waals surface area contributed by atoms with Crippen LogP contribution in [0.25, 0.3) is 0 Å². The number of carbonyl (C=O) groups excluding carboxylic acids is 3. The van der Waals surface area contributed by atoms with Crippen LogP contribution >= 0.6 is 0 Å². The number of carbonyl (C=O) groups is 3. The number of rotatable bonds is 8. The number of ether oxygens (including phenoxy) is 2. The molecule has 26 heavy (non-hydrogen) atoms. The normalized spacial score (nSPS) is 12.2. The number of benzene rings is 1. The van der Waals surface area contributed by atoms with E-state index in [0.29, 0.717) is 0 Å². The van der Waals surface area contributed by atoms with E-state index in [0.717, 1.165) is 0 Å². The van der Waals surface area contributed by atoms with E-state index in [2.05, 4.69) is 4.74 Å². The Morgan fingerprint density at radius 2 is 1.77 bits per heavy atom. The second kappa shape index (κ2) is 9.07. The quantitative estimate of drug-likeness (QED) is 0.301. The molecule has 1 atom stereocenters. The van der Waals surface area contributed by atoms with Crippen molar-refractivity contribution in [3.05, 3.63) is 39.9 Å². The van der Waals surface area contributed by atoms with Crippen LogP contribution in [0.5, 0.6) is 0 Å². The van der Waals surface area contributed by atoms with E-state index in [1.165, 1.54) is 31.4 Å². The highest BCUT2D eigenvalue weighted by Crippen LogP contribution is 2.30. The smallest absolute Gasteiger partial charge is 0.321 e. The van der Waals surface area contributed by atoms with Crippen LogP contribution in [0.4, 0.5) is 5.69 Å². The Kier molecular flexibility index (Phi) is 7.42. The molecule has 1 rings (SSSR count). The number of nitro groups is 1.